The second kappa shape index (κ2) is 10.4. The molecule has 4 aliphatic carbocycles. The van der Waals surface area contributed by atoms with Crippen molar-refractivity contribution in [3.8, 4) is 0 Å². The molecule has 3 fully saturated rings. The number of carbonyl (C=O) groups excluding carboxylic acids is 3. The molecule has 4 unspecified atom stereocenters. The predicted octanol–water partition coefficient (Wildman–Crippen LogP) is 7.03. The zero-order chi connectivity index (χ0) is 31.1. The second-order valence-corrected chi connectivity index (χ2v) is 16.0. The largest absolute Gasteiger partial charge is 0.457 e. The average molecular weight is 652 g/mol. The summed E-state index contributed by atoms with van der Waals surface area (Å²) >= 11 is 10.5. The summed E-state index contributed by atoms with van der Waals surface area (Å²) in [5.41, 5.74) is -1.35. The van der Waals surface area contributed by atoms with E-state index in [1.54, 1.807) is 18.2 Å². The van der Waals surface area contributed by atoms with Crippen LogP contribution in [0.2, 0.25) is 0 Å². The van der Waals surface area contributed by atoms with Crippen LogP contribution < -0.4 is 0 Å². The maximum atomic E-state index is 14.7. The fourth-order valence-electron chi connectivity index (χ4n) is 9.14. The van der Waals surface area contributed by atoms with E-state index in [0.717, 1.165) is 20.1 Å². The van der Waals surface area contributed by atoms with Gasteiger partial charge >= 0.3 is 5.97 Å². The lowest BCUT2D eigenvalue weighted by molar-refractivity contribution is -0.177. The van der Waals surface area contributed by atoms with Gasteiger partial charge in [0.1, 0.15) is 0 Å². The molecule has 0 amide bonds. The van der Waals surface area contributed by atoms with Crippen LogP contribution in [0.25, 0.3) is 10.2 Å². The summed E-state index contributed by atoms with van der Waals surface area (Å²) in [5.74, 6) is -1.55. The molecule has 1 aromatic carbocycles. The fourth-order valence-corrected chi connectivity index (χ4v) is 11.7. The van der Waals surface area contributed by atoms with Gasteiger partial charge in [-0.1, -0.05) is 56.3 Å². The molecule has 0 aliphatic heterocycles. The van der Waals surface area contributed by atoms with Gasteiger partial charge in [-0.05, 0) is 73.9 Å². The molecule has 7 rings (SSSR count). The van der Waals surface area contributed by atoms with Crippen molar-refractivity contribution in [2.75, 3.05) is 5.75 Å². The zero-order valence-electron chi connectivity index (χ0n) is 24.7. The number of carbonyl (C=O) groups is 3. The van der Waals surface area contributed by atoms with E-state index in [9.17, 15) is 19.5 Å². The summed E-state index contributed by atoms with van der Waals surface area (Å²) in [5, 5.41) is 12.1. The van der Waals surface area contributed by atoms with Crippen molar-refractivity contribution in [3.63, 3.8) is 0 Å². The maximum Gasteiger partial charge on any atom is 0.375 e. The number of hydrogen-bond acceptors (Lipinski definition) is 9. The number of thiazole rings is 1. The van der Waals surface area contributed by atoms with Gasteiger partial charge in [-0.3, -0.25) is 9.59 Å². The van der Waals surface area contributed by atoms with Crippen LogP contribution in [-0.2, 0) is 14.3 Å². The second-order valence-electron chi connectivity index (χ2n) is 13.2. The molecule has 3 saturated carbocycles. The Morgan fingerprint density at radius 2 is 2.00 bits per heavy atom. The smallest absolute Gasteiger partial charge is 0.375 e. The first-order valence-electron chi connectivity index (χ1n) is 15.0. The number of allylic oxidation sites excluding steroid dienone is 4. The highest BCUT2D eigenvalue weighted by Gasteiger charge is 2.76. The number of aliphatic hydroxyl groups is 1. The molecule has 10 heteroatoms. The molecule has 0 radical (unpaired) electrons. The van der Waals surface area contributed by atoms with E-state index in [0.29, 0.717) is 19.3 Å². The van der Waals surface area contributed by atoms with Crippen LogP contribution in [0.3, 0.4) is 0 Å². The number of Topliss-reactive ketones (excluding diaryl/α,β-unsaturated/α-hetero) is 1. The summed E-state index contributed by atoms with van der Waals surface area (Å²) in [6.45, 7) is 5.97. The molecule has 0 bridgehead atoms. The molecule has 8 atom stereocenters. The van der Waals surface area contributed by atoms with Gasteiger partial charge in [0.15, 0.2) is 21.5 Å². The lowest BCUT2D eigenvalue weighted by Crippen LogP contribution is -2.69. The first kappa shape index (κ1) is 30.0. The van der Waals surface area contributed by atoms with E-state index < -0.39 is 33.4 Å². The Kier molecular flexibility index (Phi) is 7.09. The monoisotopic (exact) mass is 651 g/mol. The van der Waals surface area contributed by atoms with Crippen molar-refractivity contribution in [1.82, 2.24) is 4.98 Å². The van der Waals surface area contributed by atoms with Gasteiger partial charge < -0.3 is 14.3 Å². The maximum absolute atomic E-state index is 14.7. The number of ether oxygens (including phenoxy) is 1. The van der Waals surface area contributed by atoms with E-state index in [2.05, 4.69) is 0 Å². The Morgan fingerprint density at radius 1 is 1.20 bits per heavy atom. The molecule has 3 aromatic rings. The third kappa shape index (κ3) is 4.05. The van der Waals surface area contributed by atoms with Crippen molar-refractivity contribution in [2.24, 2.45) is 28.6 Å². The fraction of sp³-hybridized carbons (Fsp3) is 0.471. The number of aromatic nitrogens is 1. The molecule has 2 aromatic heterocycles. The summed E-state index contributed by atoms with van der Waals surface area (Å²) in [4.78, 5) is 44.2. The van der Waals surface area contributed by atoms with Gasteiger partial charge in [0.25, 0.3) is 0 Å². The topological polar surface area (TPSA) is 107 Å². The number of esters is 1. The molecule has 2 heterocycles. The quantitative estimate of drug-likeness (QED) is 0.172. The number of halogens is 1. The van der Waals surface area contributed by atoms with Crippen molar-refractivity contribution >= 4 is 62.5 Å². The number of fused-ring (bicyclic) bond motifs is 6. The Balaban J connectivity index is 1.28. The molecule has 4 aliphatic rings. The van der Waals surface area contributed by atoms with Gasteiger partial charge in [-0.15, -0.1) is 22.9 Å². The minimum Gasteiger partial charge on any atom is -0.457 e. The normalized spacial score (nSPS) is 37.7. The Bertz CT molecular complexity index is 1700. The van der Waals surface area contributed by atoms with Gasteiger partial charge in [0.05, 0.1) is 33.2 Å². The number of benzene rings is 1. The first-order valence-corrected chi connectivity index (χ1v) is 17.2. The number of ketones is 2. The highest BCUT2D eigenvalue weighted by Crippen LogP contribution is 2.72. The zero-order valence-corrected chi connectivity index (χ0v) is 27.1. The lowest BCUT2D eigenvalue weighted by atomic mass is 9.45. The molecule has 0 spiro atoms. The van der Waals surface area contributed by atoms with Crippen LogP contribution in [0, 0.1) is 28.6 Å². The third-order valence-corrected chi connectivity index (χ3v) is 14.3. The Labute approximate surface area is 269 Å². The van der Waals surface area contributed by atoms with Crippen LogP contribution >= 0.6 is 34.7 Å². The highest BCUT2D eigenvalue weighted by molar-refractivity contribution is 8.01. The average Bonchev–Trinajstić information content (AvgIpc) is 3.72. The van der Waals surface area contributed by atoms with Crippen LogP contribution in [0.15, 0.2) is 75.2 Å². The number of aliphatic hydroxyl groups excluding tert-OH is 1. The predicted molar refractivity (Wildman–Crippen MR) is 170 cm³/mol. The van der Waals surface area contributed by atoms with Crippen LogP contribution in [0.1, 0.15) is 57.0 Å². The number of rotatable bonds is 6. The molecule has 44 heavy (non-hydrogen) atoms. The minimum absolute atomic E-state index is 0.0234. The Hall–Kier alpha value is -2.72. The van der Waals surface area contributed by atoms with Crippen LogP contribution in [0.4, 0.5) is 0 Å². The lowest BCUT2D eigenvalue weighted by Gasteiger charge is -2.64. The molecule has 1 N–H and O–H groups in total. The Morgan fingerprint density at radius 3 is 2.75 bits per heavy atom. The number of nitrogens with zero attached hydrogens (tertiary/aromatic N) is 1. The molecule has 7 nitrogen and oxygen atoms in total. The number of thioether (sulfide) groups is 1. The standard InChI is InChI=1S/C34H34ClNO6S2/c1-19-15-23-22-11-10-20-16-21(37)12-13-31(20,2)33(22,35)27(38)17-32(23,3)34(19,42-29(40)25-8-6-14-41-25)28(39)18-43-30-36-24-7-4-5-9-26(24)44-30/h4-9,12-14,16,19,22-23,27,38H,10-11,15,17-18H2,1-3H3/t19-,22?,23?,27+,31?,32?,33+,34+/m1/s1. The van der Waals surface area contributed by atoms with Gasteiger partial charge in [-0.25, -0.2) is 9.78 Å². The van der Waals surface area contributed by atoms with Crippen molar-refractivity contribution in [2.45, 2.75) is 67.4 Å². The summed E-state index contributed by atoms with van der Waals surface area (Å²) in [6.07, 6.45) is 7.53. The van der Waals surface area contributed by atoms with Crippen molar-refractivity contribution in [3.05, 3.63) is 72.2 Å². The first-order chi connectivity index (χ1) is 20.9. The van der Waals surface area contributed by atoms with E-state index in [4.69, 9.17) is 25.7 Å². The summed E-state index contributed by atoms with van der Waals surface area (Å²) in [6, 6.07) is 11.0. The van der Waals surface area contributed by atoms with Crippen molar-refractivity contribution < 1.29 is 28.6 Å². The van der Waals surface area contributed by atoms with Gasteiger partial charge in [0.2, 0.25) is 5.76 Å². The van der Waals surface area contributed by atoms with E-state index in [-0.39, 0.29) is 47.3 Å². The number of alkyl halides is 1. The minimum atomic E-state index is -1.53. The third-order valence-electron chi connectivity index (χ3n) is 11.2. The molecular formula is C34H34ClNO6S2. The van der Waals surface area contributed by atoms with Crippen molar-refractivity contribution in [1.29, 1.82) is 0 Å². The van der Waals surface area contributed by atoms with E-state index in [1.165, 1.54) is 35.4 Å². The molecular weight excluding hydrogens is 618 g/mol. The van der Waals surface area contributed by atoms with Crippen LogP contribution in [0.5, 0.6) is 0 Å². The number of hydrogen-bond donors (Lipinski definition) is 1. The number of furan rings is 1. The number of para-hydroxylation sites is 1. The molecule has 230 valence electrons. The SMILES string of the molecule is C[C@@H]1CC2C3CCC4=CC(=O)C=CC4(C)[C@@]3(Cl)[C@@H](O)CC2(C)[C@@]1(OC(=O)c1ccco1)C(=O)CSc1nc2ccccc2s1. The highest BCUT2D eigenvalue weighted by atomic mass is 35.5. The summed E-state index contributed by atoms with van der Waals surface area (Å²) in [7, 11) is 0. The van der Waals surface area contributed by atoms with Gasteiger partial charge in [-0.2, -0.15) is 0 Å². The van der Waals surface area contributed by atoms with E-state index in [1.807, 2.05) is 51.1 Å². The van der Waals surface area contributed by atoms with E-state index >= 15 is 0 Å². The van der Waals surface area contributed by atoms with Gasteiger partial charge in [0, 0.05) is 16.7 Å². The van der Waals surface area contributed by atoms with Crippen LogP contribution in [-0.4, -0.2) is 50.0 Å². The summed E-state index contributed by atoms with van der Waals surface area (Å²) < 4.78 is 13.6. The molecule has 0 saturated heterocycles.